The van der Waals surface area contributed by atoms with E-state index in [2.05, 4.69) is 10.3 Å². The first kappa shape index (κ1) is 22.5. The average Bonchev–Trinajstić information content (AvgIpc) is 3.18. The second-order valence-electron chi connectivity index (χ2n) is 8.12. The number of hydrogen-bond donors (Lipinski definition) is 1. The van der Waals surface area contributed by atoms with Gasteiger partial charge in [-0.25, -0.2) is 4.68 Å². The van der Waals surface area contributed by atoms with E-state index in [9.17, 15) is 9.59 Å². The molecule has 1 aliphatic rings. The number of benzene rings is 1. The van der Waals surface area contributed by atoms with Crippen LogP contribution in [0.5, 0.6) is 0 Å². The number of aromatic nitrogens is 3. The van der Waals surface area contributed by atoms with E-state index in [-0.39, 0.29) is 11.8 Å². The summed E-state index contributed by atoms with van der Waals surface area (Å²) in [7, 11) is 0. The molecule has 0 aliphatic carbocycles. The van der Waals surface area contributed by atoms with Gasteiger partial charge < -0.3 is 10.2 Å². The quantitative estimate of drug-likeness (QED) is 0.424. The van der Waals surface area contributed by atoms with Crippen LogP contribution in [0.2, 0.25) is 0 Å². The summed E-state index contributed by atoms with van der Waals surface area (Å²) < 4.78 is 1.80. The fraction of sp³-hybridized carbons (Fsp3) is 0.308. The third-order valence-corrected chi connectivity index (χ3v) is 5.69. The number of nitrogens with zero attached hydrogens (tertiary/aromatic N) is 4. The van der Waals surface area contributed by atoms with E-state index in [1.807, 2.05) is 53.6 Å². The standard InChI is InChI=1S/C26H29N5O2/c32-24(28-16-8-18-30-17-6-2-5-12-25(30)33)14-13-22-20-31(23-10-3-1-4-11-23)29-26(22)21-9-7-15-27-19-21/h1,3-4,7,9-11,13-15,19-20H,2,5-6,8,12,16-18H2,(H,28,32)/b14-13+. The molecule has 3 aromatic rings. The van der Waals surface area contributed by atoms with Crippen molar-refractivity contribution in [2.24, 2.45) is 0 Å². The van der Waals surface area contributed by atoms with Gasteiger partial charge in [0.2, 0.25) is 11.8 Å². The Morgan fingerprint density at radius 1 is 1.09 bits per heavy atom. The first-order valence-electron chi connectivity index (χ1n) is 11.5. The van der Waals surface area contributed by atoms with Crippen LogP contribution in [0, 0.1) is 0 Å². The number of likely N-dealkylation sites (tertiary alicyclic amines) is 1. The van der Waals surface area contributed by atoms with E-state index in [1.165, 1.54) is 6.08 Å². The number of pyridine rings is 1. The van der Waals surface area contributed by atoms with Gasteiger partial charge >= 0.3 is 0 Å². The molecule has 3 heterocycles. The van der Waals surface area contributed by atoms with Crippen molar-refractivity contribution in [1.29, 1.82) is 0 Å². The zero-order valence-corrected chi connectivity index (χ0v) is 18.7. The molecule has 170 valence electrons. The predicted octanol–water partition coefficient (Wildman–Crippen LogP) is 3.86. The highest BCUT2D eigenvalue weighted by atomic mass is 16.2. The van der Waals surface area contributed by atoms with E-state index in [0.717, 1.165) is 54.7 Å². The number of hydrogen-bond acceptors (Lipinski definition) is 4. The SMILES string of the molecule is O=C(/C=C/c1cn(-c2ccccc2)nc1-c1cccnc1)NCCCN1CCCCCC1=O. The molecular formula is C26H29N5O2. The van der Waals surface area contributed by atoms with Crippen LogP contribution < -0.4 is 5.32 Å². The summed E-state index contributed by atoms with van der Waals surface area (Å²) in [6.07, 6.45) is 13.3. The Morgan fingerprint density at radius 2 is 1.97 bits per heavy atom. The maximum atomic E-state index is 12.4. The van der Waals surface area contributed by atoms with E-state index in [4.69, 9.17) is 5.10 Å². The van der Waals surface area contributed by atoms with Crippen LogP contribution in [0.25, 0.3) is 23.0 Å². The number of para-hydroxylation sites is 1. The molecule has 1 N–H and O–H groups in total. The smallest absolute Gasteiger partial charge is 0.244 e. The van der Waals surface area contributed by atoms with Gasteiger partial charge in [0.1, 0.15) is 5.69 Å². The molecule has 0 spiro atoms. The van der Waals surface area contributed by atoms with Gasteiger partial charge in [0.05, 0.1) is 5.69 Å². The lowest BCUT2D eigenvalue weighted by atomic mass is 10.1. The lowest BCUT2D eigenvalue weighted by molar-refractivity contribution is -0.130. The van der Waals surface area contributed by atoms with Crippen molar-refractivity contribution in [2.75, 3.05) is 19.6 Å². The molecule has 0 unspecified atom stereocenters. The van der Waals surface area contributed by atoms with Crippen molar-refractivity contribution in [3.05, 3.63) is 72.7 Å². The lowest BCUT2D eigenvalue weighted by Gasteiger charge is -2.20. The molecule has 0 radical (unpaired) electrons. The Hall–Kier alpha value is -3.74. The summed E-state index contributed by atoms with van der Waals surface area (Å²) in [5.74, 6) is 0.0684. The molecule has 1 aliphatic heterocycles. The zero-order chi connectivity index (χ0) is 22.9. The van der Waals surface area contributed by atoms with Crippen LogP contribution in [0.3, 0.4) is 0 Å². The molecule has 2 amide bonds. The fourth-order valence-electron chi connectivity index (χ4n) is 3.93. The average molecular weight is 444 g/mol. The van der Waals surface area contributed by atoms with Crippen molar-refractivity contribution in [3.8, 4) is 16.9 Å². The van der Waals surface area contributed by atoms with E-state index in [0.29, 0.717) is 19.5 Å². The third-order valence-electron chi connectivity index (χ3n) is 5.69. The molecule has 1 fully saturated rings. The Labute approximate surface area is 194 Å². The van der Waals surface area contributed by atoms with Gasteiger partial charge in [-0.2, -0.15) is 5.10 Å². The molecule has 7 heteroatoms. The van der Waals surface area contributed by atoms with Gasteiger partial charge in [-0.3, -0.25) is 14.6 Å². The number of nitrogens with one attached hydrogen (secondary N) is 1. The third kappa shape index (κ3) is 6.16. The minimum absolute atomic E-state index is 0.165. The number of carbonyl (C=O) groups is 2. The van der Waals surface area contributed by atoms with Crippen LogP contribution >= 0.6 is 0 Å². The topological polar surface area (TPSA) is 80.1 Å². The van der Waals surface area contributed by atoms with Crippen molar-refractivity contribution in [3.63, 3.8) is 0 Å². The molecule has 4 rings (SSSR count). The van der Waals surface area contributed by atoms with Crippen LogP contribution in [-0.2, 0) is 9.59 Å². The maximum absolute atomic E-state index is 12.4. The highest BCUT2D eigenvalue weighted by molar-refractivity contribution is 5.92. The van der Waals surface area contributed by atoms with E-state index in [1.54, 1.807) is 23.2 Å². The molecule has 33 heavy (non-hydrogen) atoms. The maximum Gasteiger partial charge on any atom is 0.244 e. The molecule has 1 saturated heterocycles. The van der Waals surface area contributed by atoms with Gasteiger partial charge in [0, 0.05) is 61.8 Å². The predicted molar refractivity (Wildman–Crippen MR) is 129 cm³/mol. The van der Waals surface area contributed by atoms with Crippen LogP contribution in [0.4, 0.5) is 0 Å². The fourth-order valence-corrected chi connectivity index (χ4v) is 3.93. The summed E-state index contributed by atoms with van der Waals surface area (Å²) in [4.78, 5) is 30.6. The number of carbonyl (C=O) groups excluding carboxylic acids is 2. The van der Waals surface area contributed by atoms with Crippen molar-refractivity contribution < 1.29 is 9.59 Å². The second-order valence-corrected chi connectivity index (χ2v) is 8.12. The zero-order valence-electron chi connectivity index (χ0n) is 18.7. The van der Waals surface area contributed by atoms with Gasteiger partial charge in [0.15, 0.2) is 0 Å². The van der Waals surface area contributed by atoms with Gasteiger partial charge in [-0.05, 0) is 49.6 Å². The van der Waals surface area contributed by atoms with Crippen molar-refractivity contribution in [1.82, 2.24) is 25.0 Å². The van der Waals surface area contributed by atoms with Crippen LogP contribution in [-0.4, -0.2) is 51.1 Å². The van der Waals surface area contributed by atoms with Crippen molar-refractivity contribution in [2.45, 2.75) is 32.1 Å². The van der Waals surface area contributed by atoms with Crippen LogP contribution in [0.1, 0.15) is 37.7 Å². The molecule has 0 bridgehead atoms. The largest absolute Gasteiger partial charge is 0.352 e. The summed E-state index contributed by atoms with van der Waals surface area (Å²) in [6.45, 7) is 2.05. The Balaban J connectivity index is 1.39. The molecule has 0 atom stereocenters. The Bertz CT molecular complexity index is 1090. The van der Waals surface area contributed by atoms with E-state index >= 15 is 0 Å². The van der Waals surface area contributed by atoms with Crippen molar-refractivity contribution >= 4 is 17.9 Å². The summed E-state index contributed by atoms with van der Waals surface area (Å²) in [5, 5.41) is 7.64. The lowest BCUT2D eigenvalue weighted by Crippen LogP contribution is -2.33. The molecule has 0 saturated carbocycles. The summed E-state index contributed by atoms with van der Waals surface area (Å²) in [5.41, 5.74) is 3.41. The highest BCUT2D eigenvalue weighted by Gasteiger charge is 2.15. The number of rotatable bonds is 8. The monoisotopic (exact) mass is 443 g/mol. The van der Waals surface area contributed by atoms with Gasteiger partial charge in [-0.1, -0.05) is 24.6 Å². The summed E-state index contributed by atoms with van der Waals surface area (Å²) in [6, 6.07) is 13.7. The number of amides is 2. The Kier molecular flexibility index (Phi) is 7.64. The Morgan fingerprint density at radius 3 is 2.79 bits per heavy atom. The van der Waals surface area contributed by atoms with Gasteiger partial charge in [-0.15, -0.1) is 0 Å². The normalized spacial score (nSPS) is 14.4. The summed E-state index contributed by atoms with van der Waals surface area (Å²) >= 11 is 0. The molecular weight excluding hydrogens is 414 g/mol. The molecule has 7 nitrogen and oxygen atoms in total. The highest BCUT2D eigenvalue weighted by Crippen LogP contribution is 2.24. The molecule has 2 aromatic heterocycles. The minimum Gasteiger partial charge on any atom is -0.352 e. The minimum atomic E-state index is -0.165. The first-order chi connectivity index (χ1) is 16.2. The first-order valence-corrected chi connectivity index (χ1v) is 11.5. The molecule has 1 aromatic carbocycles. The van der Waals surface area contributed by atoms with Crippen LogP contribution in [0.15, 0.2) is 67.1 Å². The van der Waals surface area contributed by atoms with Gasteiger partial charge in [0.25, 0.3) is 0 Å². The van der Waals surface area contributed by atoms with E-state index < -0.39 is 0 Å². The second kappa shape index (κ2) is 11.2.